The first-order valence-electron chi connectivity index (χ1n) is 6.09. The monoisotopic (exact) mass is 298 g/mol. The summed E-state index contributed by atoms with van der Waals surface area (Å²) in [6.07, 6.45) is 2.10. The van der Waals surface area contributed by atoms with Gasteiger partial charge >= 0.3 is 0 Å². The fraction of sp³-hybridized carbons (Fsp3) is 0.571. The molecule has 96 valence electrons. The maximum atomic E-state index is 5.98. The molecule has 2 nitrogen and oxygen atoms in total. The first-order valence-corrected chi connectivity index (χ1v) is 6.88. The molecule has 17 heavy (non-hydrogen) atoms. The maximum Gasteiger partial charge on any atom is 0.0207 e. The normalized spacial score (nSPS) is 12.1. The van der Waals surface area contributed by atoms with Crippen LogP contribution in [0.2, 0.25) is 0 Å². The molecule has 0 fully saturated rings. The summed E-state index contributed by atoms with van der Waals surface area (Å²) >= 11 is 3.58. The topological polar surface area (TPSA) is 29.3 Å². The lowest BCUT2D eigenvalue weighted by Gasteiger charge is -2.23. The summed E-state index contributed by atoms with van der Waals surface area (Å²) < 4.78 is 1.20. The molecular formula is C14H23BrN2. The first kappa shape index (κ1) is 14.7. The molecular weight excluding hydrogens is 276 g/mol. The largest absolute Gasteiger partial charge is 0.326 e. The van der Waals surface area contributed by atoms with Crippen LogP contribution in [0.3, 0.4) is 0 Å². The molecule has 0 unspecified atom stereocenters. The van der Waals surface area contributed by atoms with E-state index in [0.717, 1.165) is 25.9 Å². The smallest absolute Gasteiger partial charge is 0.0207 e. The minimum atomic E-state index is -0.0679. The van der Waals surface area contributed by atoms with Gasteiger partial charge in [0.1, 0.15) is 0 Å². The summed E-state index contributed by atoms with van der Waals surface area (Å²) in [5.74, 6) is 0. The van der Waals surface area contributed by atoms with Gasteiger partial charge in [0.15, 0.2) is 0 Å². The Labute approximate surface area is 113 Å². The minimum absolute atomic E-state index is 0.0679. The Bertz CT molecular complexity index is 344. The molecule has 1 rings (SSSR count). The quantitative estimate of drug-likeness (QED) is 0.875. The van der Waals surface area contributed by atoms with E-state index in [1.165, 1.54) is 10.0 Å². The van der Waals surface area contributed by atoms with E-state index in [1.54, 1.807) is 0 Å². The number of benzene rings is 1. The van der Waals surface area contributed by atoms with Crippen molar-refractivity contribution in [3.05, 3.63) is 34.3 Å². The van der Waals surface area contributed by atoms with Gasteiger partial charge in [-0.05, 0) is 51.9 Å². The van der Waals surface area contributed by atoms with Crippen LogP contribution < -0.4 is 5.73 Å². The van der Waals surface area contributed by atoms with Crippen molar-refractivity contribution >= 4 is 15.9 Å². The molecule has 0 aliphatic rings. The van der Waals surface area contributed by atoms with Crippen LogP contribution in [-0.2, 0) is 6.42 Å². The number of rotatable bonds is 6. The second-order valence-corrected chi connectivity index (χ2v) is 6.24. The molecule has 0 aliphatic carbocycles. The highest BCUT2D eigenvalue weighted by Gasteiger charge is 2.11. The van der Waals surface area contributed by atoms with Gasteiger partial charge in [-0.1, -0.05) is 34.1 Å². The van der Waals surface area contributed by atoms with Crippen LogP contribution in [0, 0.1) is 0 Å². The zero-order chi connectivity index (χ0) is 12.9. The Kier molecular flexibility index (Phi) is 5.63. The summed E-state index contributed by atoms with van der Waals surface area (Å²) in [4.78, 5) is 2.34. The molecule has 0 amide bonds. The van der Waals surface area contributed by atoms with Gasteiger partial charge < -0.3 is 10.6 Å². The van der Waals surface area contributed by atoms with Crippen LogP contribution in [-0.4, -0.2) is 30.6 Å². The van der Waals surface area contributed by atoms with Crippen molar-refractivity contribution in [1.82, 2.24) is 4.90 Å². The predicted octanol–water partition coefficient (Wildman–Crippen LogP) is 3.05. The van der Waals surface area contributed by atoms with Gasteiger partial charge in [-0.2, -0.15) is 0 Å². The van der Waals surface area contributed by atoms with E-state index in [4.69, 9.17) is 5.73 Å². The lowest BCUT2D eigenvalue weighted by molar-refractivity contribution is 0.298. The molecule has 0 radical (unpaired) electrons. The zero-order valence-electron chi connectivity index (χ0n) is 11.0. The lowest BCUT2D eigenvalue weighted by atomic mass is 10.0. The molecule has 0 bridgehead atoms. The number of likely N-dealkylation sites (N-methyl/N-ethyl adjacent to an activating group) is 1. The summed E-state index contributed by atoms with van der Waals surface area (Å²) in [7, 11) is 2.16. The number of nitrogens with zero attached hydrogens (tertiary/aromatic N) is 1. The Morgan fingerprint density at radius 2 is 1.88 bits per heavy atom. The molecule has 2 N–H and O–H groups in total. The molecule has 0 aliphatic heterocycles. The van der Waals surface area contributed by atoms with Gasteiger partial charge in [0.25, 0.3) is 0 Å². The van der Waals surface area contributed by atoms with Crippen molar-refractivity contribution in [3.8, 4) is 0 Å². The average Bonchev–Trinajstić information content (AvgIpc) is 2.24. The average molecular weight is 299 g/mol. The van der Waals surface area contributed by atoms with E-state index in [0.29, 0.717) is 0 Å². The molecule has 0 aromatic heterocycles. The highest BCUT2D eigenvalue weighted by Crippen LogP contribution is 2.16. The number of hydrogen-bond donors (Lipinski definition) is 1. The second-order valence-electron chi connectivity index (χ2n) is 5.38. The Morgan fingerprint density at radius 1 is 1.24 bits per heavy atom. The van der Waals surface area contributed by atoms with Crippen LogP contribution >= 0.6 is 15.9 Å². The van der Waals surface area contributed by atoms with Crippen molar-refractivity contribution in [2.45, 2.75) is 32.2 Å². The molecule has 0 heterocycles. The van der Waals surface area contributed by atoms with Crippen LogP contribution in [0.5, 0.6) is 0 Å². The predicted molar refractivity (Wildman–Crippen MR) is 78.2 cm³/mol. The Balaban J connectivity index is 2.34. The third-order valence-corrected chi connectivity index (χ3v) is 3.63. The molecule has 0 atom stereocenters. The number of halogens is 1. The Morgan fingerprint density at radius 3 is 2.47 bits per heavy atom. The molecule has 1 aromatic carbocycles. The summed E-state index contributed by atoms with van der Waals surface area (Å²) in [5, 5.41) is 0. The minimum Gasteiger partial charge on any atom is -0.326 e. The van der Waals surface area contributed by atoms with E-state index >= 15 is 0 Å². The van der Waals surface area contributed by atoms with Crippen molar-refractivity contribution in [2.75, 3.05) is 20.1 Å². The first-order chi connectivity index (χ1) is 7.88. The van der Waals surface area contributed by atoms with Gasteiger partial charge in [0.2, 0.25) is 0 Å². The van der Waals surface area contributed by atoms with Crippen LogP contribution in [0.1, 0.15) is 25.8 Å². The van der Waals surface area contributed by atoms with Crippen LogP contribution in [0.4, 0.5) is 0 Å². The van der Waals surface area contributed by atoms with E-state index in [1.807, 2.05) is 6.07 Å². The van der Waals surface area contributed by atoms with Crippen molar-refractivity contribution in [1.29, 1.82) is 0 Å². The van der Waals surface area contributed by atoms with Gasteiger partial charge in [-0.25, -0.2) is 0 Å². The van der Waals surface area contributed by atoms with Gasteiger partial charge in [0.05, 0.1) is 0 Å². The zero-order valence-corrected chi connectivity index (χ0v) is 12.6. The standard InChI is InChI=1S/C14H23BrN2/c1-14(2,16)9-11-17(3)10-8-12-6-4-5-7-13(12)15/h4-7H,8-11,16H2,1-3H3. The van der Waals surface area contributed by atoms with Crippen molar-refractivity contribution in [2.24, 2.45) is 5.73 Å². The highest BCUT2D eigenvalue weighted by atomic mass is 79.9. The molecule has 1 aromatic rings. The number of hydrogen-bond acceptors (Lipinski definition) is 2. The van der Waals surface area contributed by atoms with E-state index in [2.05, 4.69) is 59.9 Å². The maximum absolute atomic E-state index is 5.98. The molecule has 0 saturated heterocycles. The van der Waals surface area contributed by atoms with Gasteiger partial charge in [-0.15, -0.1) is 0 Å². The molecule has 3 heteroatoms. The van der Waals surface area contributed by atoms with Crippen molar-refractivity contribution in [3.63, 3.8) is 0 Å². The van der Waals surface area contributed by atoms with Gasteiger partial charge in [0, 0.05) is 16.6 Å². The summed E-state index contributed by atoms with van der Waals surface area (Å²) in [5.41, 5.74) is 7.28. The second kappa shape index (κ2) is 6.53. The van der Waals surface area contributed by atoms with Crippen molar-refractivity contribution < 1.29 is 0 Å². The fourth-order valence-corrected chi connectivity index (χ4v) is 2.09. The third-order valence-electron chi connectivity index (χ3n) is 2.86. The highest BCUT2D eigenvalue weighted by molar-refractivity contribution is 9.10. The Hall–Kier alpha value is -0.380. The van der Waals surface area contributed by atoms with Crippen LogP contribution in [0.25, 0.3) is 0 Å². The third kappa shape index (κ3) is 6.20. The molecule has 0 saturated carbocycles. The fourth-order valence-electron chi connectivity index (χ4n) is 1.60. The summed E-state index contributed by atoms with van der Waals surface area (Å²) in [6.45, 7) is 6.27. The lowest BCUT2D eigenvalue weighted by Crippen LogP contribution is -2.36. The van der Waals surface area contributed by atoms with E-state index < -0.39 is 0 Å². The van der Waals surface area contributed by atoms with E-state index in [9.17, 15) is 0 Å². The van der Waals surface area contributed by atoms with Gasteiger partial charge in [-0.3, -0.25) is 0 Å². The van der Waals surface area contributed by atoms with Crippen LogP contribution in [0.15, 0.2) is 28.7 Å². The number of nitrogens with two attached hydrogens (primary N) is 1. The SMILES string of the molecule is CN(CCc1ccccc1Br)CCC(C)(C)N. The summed E-state index contributed by atoms with van der Waals surface area (Å²) in [6, 6.07) is 8.40. The van der Waals surface area contributed by atoms with E-state index in [-0.39, 0.29) is 5.54 Å². The molecule has 0 spiro atoms.